The van der Waals surface area contributed by atoms with Crippen LogP contribution in [-0.2, 0) is 4.79 Å². The molecule has 0 saturated heterocycles. The molecule has 0 aliphatic carbocycles. The highest BCUT2D eigenvalue weighted by Crippen LogP contribution is 2.11. The number of amides is 2. The molecule has 6 heteroatoms. The lowest BCUT2D eigenvalue weighted by Gasteiger charge is -2.15. The van der Waals surface area contributed by atoms with Crippen LogP contribution in [0, 0.1) is 5.92 Å². The Morgan fingerprint density at radius 1 is 1.38 bits per heavy atom. The maximum Gasteiger partial charge on any atom is 0.326 e. The van der Waals surface area contributed by atoms with Gasteiger partial charge in [0.2, 0.25) is 0 Å². The molecule has 1 aromatic rings. The fourth-order valence-corrected chi connectivity index (χ4v) is 1.92. The van der Waals surface area contributed by atoms with Gasteiger partial charge in [-0.05, 0) is 36.1 Å². The molecule has 0 aromatic heterocycles. The Labute approximate surface area is 129 Å². The first kappa shape index (κ1) is 17.0. The minimum Gasteiger partial charge on any atom is -0.480 e. The van der Waals surface area contributed by atoms with E-state index < -0.39 is 18.0 Å². The Morgan fingerprint density at radius 2 is 2.10 bits per heavy atom. The van der Waals surface area contributed by atoms with Gasteiger partial charge >= 0.3 is 12.0 Å². The fourth-order valence-electron chi connectivity index (χ4n) is 1.72. The summed E-state index contributed by atoms with van der Waals surface area (Å²) < 4.78 is 0. The molecule has 0 saturated carbocycles. The van der Waals surface area contributed by atoms with E-state index in [1.807, 2.05) is 19.9 Å². The number of carboxylic acid groups (broad SMARTS) is 1. The summed E-state index contributed by atoms with van der Waals surface area (Å²) in [5.74, 6) is -0.869. The molecule has 0 bridgehead atoms. The predicted molar refractivity (Wildman–Crippen MR) is 83.0 cm³/mol. The molecule has 0 heterocycles. The minimum absolute atomic E-state index is 0.174. The summed E-state index contributed by atoms with van der Waals surface area (Å²) in [5, 5.41) is 14.5. The first-order chi connectivity index (χ1) is 9.88. The number of carbonyl (C=O) groups is 2. The number of halogens is 1. The number of hydrogen-bond donors (Lipinski definition) is 3. The summed E-state index contributed by atoms with van der Waals surface area (Å²) >= 11 is 5.84. The SMILES string of the molecule is CC(C)CC(NC(=O)N/C=C/c1cccc(Cl)c1)C(=O)O. The van der Waals surface area contributed by atoms with Crippen molar-refractivity contribution in [2.24, 2.45) is 5.92 Å². The summed E-state index contributed by atoms with van der Waals surface area (Å²) in [7, 11) is 0. The Balaban J connectivity index is 2.51. The molecular weight excluding hydrogens is 292 g/mol. The Bertz CT molecular complexity index is 529. The van der Waals surface area contributed by atoms with Crippen LogP contribution in [0.25, 0.3) is 6.08 Å². The van der Waals surface area contributed by atoms with Gasteiger partial charge in [0.05, 0.1) is 0 Å². The van der Waals surface area contributed by atoms with Crippen molar-refractivity contribution < 1.29 is 14.7 Å². The van der Waals surface area contributed by atoms with Crippen LogP contribution in [0.3, 0.4) is 0 Å². The second-order valence-electron chi connectivity index (χ2n) is 5.03. The highest BCUT2D eigenvalue weighted by Gasteiger charge is 2.20. The average molecular weight is 311 g/mol. The normalized spacial score (nSPS) is 12.4. The van der Waals surface area contributed by atoms with E-state index in [4.69, 9.17) is 16.7 Å². The van der Waals surface area contributed by atoms with Crippen LogP contribution in [0.2, 0.25) is 5.02 Å². The van der Waals surface area contributed by atoms with E-state index in [9.17, 15) is 9.59 Å². The van der Waals surface area contributed by atoms with E-state index in [0.29, 0.717) is 11.4 Å². The van der Waals surface area contributed by atoms with E-state index >= 15 is 0 Å². The van der Waals surface area contributed by atoms with E-state index in [1.54, 1.807) is 24.3 Å². The quantitative estimate of drug-likeness (QED) is 0.755. The highest BCUT2D eigenvalue weighted by molar-refractivity contribution is 6.30. The second kappa shape index (κ2) is 8.32. The summed E-state index contributed by atoms with van der Waals surface area (Å²) in [6, 6.07) is 5.68. The van der Waals surface area contributed by atoms with Crippen LogP contribution in [-0.4, -0.2) is 23.1 Å². The van der Waals surface area contributed by atoms with Crippen molar-refractivity contribution in [1.29, 1.82) is 0 Å². The van der Waals surface area contributed by atoms with Crippen LogP contribution in [0.15, 0.2) is 30.5 Å². The van der Waals surface area contributed by atoms with Crippen molar-refractivity contribution in [2.45, 2.75) is 26.3 Å². The minimum atomic E-state index is -1.04. The summed E-state index contributed by atoms with van der Waals surface area (Å²) in [6.07, 6.45) is 3.49. The maximum atomic E-state index is 11.6. The van der Waals surface area contributed by atoms with Gasteiger partial charge in [-0.3, -0.25) is 0 Å². The molecule has 0 radical (unpaired) electrons. The molecule has 1 rings (SSSR count). The van der Waals surface area contributed by atoms with Crippen molar-refractivity contribution in [1.82, 2.24) is 10.6 Å². The van der Waals surface area contributed by atoms with Crippen molar-refractivity contribution in [3.05, 3.63) is 41.1 Å². The zero-order chi connectivity index (χ0) is 15.8. The van der Waals surface area contributed by atoms with E-state index in [2.05, 4.69) is 10.6 Å². The Kier molecular flexibility index (Phi) is 6.75. The van der Waals surface area contributed by atoms with Crippen molar-refractivity contribution in [3.8, 4) is 0 Å². The lowest BCUT2D eigenvalue weighted by molar-refractivity contribution is -0.139. The highest BCUT2D eigenvalue weighted by atomic mass is 35.5. The molecule has 1 aromatic carbocycles. The molecule has 2 amide bonds. The third-order valence-electron chi connectivity index (χ3n) is 2.65. The Hall–Kier alpha value is -2.01. The van der Waals surface area contributed by atoms with Crippen molar-refractivity contribution >= 4 is 29.7 Å². The van der Waals surface area contributed by atoms with Crippen LogP contribution in [0.4, 0.5) is 4.79 Å². The predicted octanol–water partition coefficient (Wildman–Crippen LogP) is 3.11. The molecule has 0 spiro atoms. The van der Waals surface area contributed by atoms with Crippen LogP contribution < -0.4 is 10.6 Å². The molecule has 5 nitrogen and oxygen atoms in total. The third kappa shape index (κ3) is 6.81. The largest absolute Gasteiger partial charge is 0.480 e. The first-order valence-electron chi connectivity index (χ1n) is 6.60. The standard InChI is InChI=1S/C15H19ClN2O3/c1-10(2)8-13(14(19)20)18-15(21)17-7-6-11-4-3-5-12(16)9-11/h3-7,9-10,13H,8H2,1-2H3,(H,19,20)(H2,17,18,21)/b7-6+. The lowest BCUT2D eigenvalue weighted by Crippen LogP contribution is -2.45. The topological polar surface area (TPSA) is 78.4 Å². The summed E-state index contributed by atoms with van der Waals surface area (Å²) in [5.41, 5.74) is 0.833. The van der Waals surface area contributed by atoms with Gasteiger partial charge in [0, 0.05) is 11.2 Å². The summed E-state index contributed by atoms with van der Waals surface area (Å²) in [6.45, 7) is 3.79. The van der Waals surface area contributed by atoms with E-state index in [-0.39, 0.29) is 5.92 Å². The molecule has 0 fully saturated rings. The number of hydrogen-bond acceptors (Lipinski definition) is 2. The third-order valence-corrected chi connectivity index (χ3v) is 2.88. The van der Waals surface area contributed by atoms with E-state index in [1.165, 1.54) is 6.20 Å². The van der Waals surface area contributed by atoms with Crippen molar-refractivity contribution in [3.63, 3.8) is 0 Å². The second-order valence-corrected chi connectivity index (χ2v) is 5.46. The molecule has 1 unspecified atom stereocenters. The molecule has 21 heavy (non-hydrogen) atoms. The van der Waals surface area contributed by atoms with Gasteiger partial charge in [0.1, 0.15) is 6.04 Å². The van der Waals surface area contributed by atoms with Crippen molar-refractivity contribution in [2.75, 3.05) is 0 Å². The first-order valence-corrected chi connectivity index (χ1v) is 6.98. The smallest absolute Gasteiger partial charge is 0.326 e. The maximum absolute atomic E-state index is 11.6. The van der Waals surface area contributed by atoms with Crippen LogP contribution in [0.5, 0.6) is 0 Å². The van der Waals surface area contributed by atoms with Gasteiger partial charge in [-0.25, -0.2) is 9.59 Å². The van der Waals surface area contributed by atoms with Gasteiger partial charge in [-0.1, -0.05) is 37.6 Å². The summed E-state index contributed by atoms with van der Waals surface area (Å²) in [4.78, 5) is 22.7. The number of urea groups is 1. The van der Waals surface area contributed by atoms with Gasteiger partial charge in [0.15, 0.2) is 0 Å². The number of nitrogens with one attached hydrogen (secondary N) is 2. The molecule has 0 aliphatic heterocycles. The Morgan fingerprint density at radius 3 is 2.67 bits per heavy atom. The molecule has 0 aliphatic rings. The average Bonchev–Trinajstić information content (AvgIpc) is 2.37. The number of benzene rings is 1. The molecule has 3 N–H and O–H groups in total. The van der Waals surface area contributed by atoms with Gasteiger partial charge in [0.25, 0.3) is 0 Å². The van der Waals surface area contributed by atoms with Crippen LogP contribution >= 0.6 is 11.6 Å². The molecular formula is C15H19ClN2O3. The lowest BCUT2D eigenvalue weighted by atomic mass is 10.0. The van der Waals surface area contributed by atoms with Gasteiger partial charge in [-0.2, -0.15) is 0 Å². The molecule has 1 atom stereocenters. The van der Waals surface area contributed by atoms with Crippen LogP contribution in [0.1, 0.15) is 25.8 Å². The fraction of sp³-hybridized carbons (Fsp3) is 0.333. The van der Waals surface area contributed by atoms with Gasteiger partial charge in [-0.15, -0.1) is 0 Å². The number of carboxylic acids is 1. The number of carbonyl (C=O) groups excluding carboxylic acids is 1. The van der Waals surface area contributed by atoms with E-state index in [0.717, 1.165) is 5.56 Å². The van der Waals surface area contributed by atoms with Gasteiger partial charge < -0.3 is 15.7 Å². The zero-order valence-electron chi connectivity index (χ0n) is 12.0. The number of aliphatic carboxylic acids is 1. The number of rotatable bonds is 6. The molecule has 114 valence electrons. The zero-order valence-corrected chi connectivity index (χ0v) is 12.7. The monoisotopic (exact) mass is 310 g/mol.